The second-order valence-corrected chi connectivity index (χ2v) is 8.29. The first-order valence-corrected chi connectivity index (χ1v) is 10.3. The van der Waals surface area contributed by atoms with Crippen LogP contribution in [0.1, 0.15) is 18.4 Å². The molecule has 0 saturated carbocycles. The number of rotatable bonds is 4. The van der Waals surface area contributed by atoms with Gasteiger partial charge in [-0.1, -0.05) is 0 Å². The molecule has 2 atom stereocenters. The lowest BCUT2D eigenvalue weighted by Crippen LogP contribution is -2.42. The van der Waals surface area contributed by atoms with Crippen molar-refractivity contribution in [2.75, 3.05) is 44.2 Å². The lowest BCUT2D eigenvalue weighted by molar-refractivity contribution is -0.180. The quantitative estimate of drug-likeness (QED) is 0.822. The maximum Gasteiger partial charge on any atom is 0.393 e. The van der Waals surface area contributed by atoms with Crippen LogP contribution in [0.2, 0.25) is 0 Å². The first kappa shape index (κ1) is 20.8. The van der Waals surface area contributed by atoms with Gasteiger partial charge in [0.1, 0.15) is 17.1 Å². The van der Waals surface area contributed by atoms with Crippen LogP contribution in [0.4, 0.5) is 18.9 Å². The predicted octanol–water partition coefficient (Wildman–Crippen LogP) is 2.79. The van der Waals surface area contributed by atoms with Crippen LogP contribution in [0.25, 0.3) is 11.0 Å². The zero-order chi connectivity index (χ0) is 21.3. The molecule has 0 amide bonds. The van der Waals surface area contributed by atoms with Gasteiger partial charge in [0, 0.05) is 37.9 Å². The van der Waals surface area contributed by atoms with Crippen molar-refractivity contribution in [3.8, 4) is 6.07 Å². The van der Waals surface area contributed by atoms with Crippen molar-refractivity contribution in [3.05, 3.63) is 30.1 Å². The van der Waals surface area contributed by atoms with Crippen LogP contribution >= 0.6 is 0 Å². The fourth-order valence-corrected chi connectivity index (χ4v) is 4.75. The summed E-state index contributed by atoms with van der Waals surface area (Å²) in [7, 11) is 0. The highest BCUT2D eigenvalue weighted by molar-refractivity contribution is 5.92. The van der Waals surface area contributed by atoms with Crippen molar-refractivity contribution < 1.29 is 13.2 Å². The normalized spacial score (nSPS) is 23.8. The van der Waals surface area contributed by atoms with Gasteiger partial charge in [-0.2, -0.15) is 18.4 Å². The third kappa shape index (κ3) is 4.07. The Morgan fingerprint density at radius 3 is 2.43 bits per heavy atom. The zero-order valence-electron chi connectivity index (χ0n) is 16.6. The molecule has 2 fully saturated rings. The topological polar surface area (TPSA) is 82.1 Å². The average molecular weight is 418 g/mol. The summed E-state index contributed by atoms with van der Waals surface area (Å²) in [5.74, 6) is -1.43. The maximum atomic E-state index is 13.9. The molecule has 2 aliphatic rings. The minimum absolute atomic E-state index is 0.106. The number of likely N-dealkylation sites (tertiary alicyclic amines) is 1. The van der Waals surface area contributed by atoms with Crippen molar-refractivity contribution >= 4 is 16.7 Å². The van der Waals surface area contributed by atoms with Crippen molar-refractivity contribution in [1.29, 1.82) is 5.26 Å². The van der Waals surface area contributed by atoms with Crippen LogP contribution in [-0.2, 0) is 0 Å². The van der Waals surface area contributed by atoms with Crippen LogP contribution in [0.3, 0.4) is 0 Å². The fourth-order valence-electron chi connectivity index (χ4n) is 4.75. The summed E-state index contributed by atoms with van der Waals surface area (Å²) in [6, 6.07) is 5.38. The van der Waals surface area contributed by atoms with E-state index in [9.17, 15) is 18.4 Å². The molecule has 6 nitrogen and oxygen atoms in total. The summed E-state index contributed by atoms with van der Waals surface area (Å²) >= 11 is 0. The Labute approximate surface area is 173 Å². The molecule has 160 valence electrons. The van der Waals surface area contributed by atoms with E-state index in [1.54, 1.807) is 17.0 Å². The number of halogens is 3. The lowest BCUT2D eigenvalue weighted by atomic mass is 9.92. The van der Waals surface area contributed by atoms with Crippen LogP contribution in [0.15, 0.2) is 24.5 Å². The number of nitriles is 1. The van der Waals surface area contributed by atoms with Gasteiger partial charge in [-0.25, -0.2) is 0 Å². The van der Waals surface area contributed by atoms with E-state index in [2.05, 4.69) is 20.9 Å². The Morgan fingerprint density at radius 1 is 1.10 bits per heavy atom. The molecule has 2 aliphatic heterocycles. The first-order chi connectivity index (χ1) is 14.4. The average Bonchev–Trinajstić information content (AvgIpc) is 3.17. The predicted molar refractivity (Wildman–Crippen MR) is 108 cm³/mol. The number of nitrogens with two attached hydrogens (primary N) is 1. The Kier molecular flexibility index (Phi) is 5.80. The summed E-state index contributed by atoms with van der Waals surface area (Å²) in [6.45, 7) is 2.87. The van der Waals surface area contributed by atoms with Gasteiger partial charge in [0.15, 0.2) is 0 Å². The van der Waals surface area contributed by atoms with Crippen molar-refractivity contribution in [2.45, 2.75) is 19.0 Å². The maximum absolute atomic E-state index is 13.9. The van der Waals surface area contributed by atoms with Crippen LogP contribution in [0.5, 0.6) is 0 Å². The largest absolute Gasteiger partial charge is 0.393 e. The number of nitrogens with zero attached hydrogens (tertiary/aromatic N) is 5. The van der Waals surface area contributed by atoms with Gasteiger partial charge in [0.25, 0.3) is 0 Å². The number of fused-ring (bicyclic) bond motifs is 1. The Balaban J connectivity index is 1.58. The summed E-state index contributed by atoms with van der Waals surface area (Å²) in [6.07, 6.45) is 0.620. The summed E-state index contributed by atoms with van der Waals surface area (Å²) in [5, 5.41) is 9.31. The van der Waals surface area contributed by atoms with E-state index >= 15 is 0 Å². The van der Waals surface area contributed by atoms with Crippen LogP contribution < -0.4 is 10.6 Å². The monoisotopic (exact) mass is 418 g/mol. The molecule has 9 heteroatoms. The Bertz CT molecular complexity index is 932. The van der Waals surface area contributed by atoms with E-state index in [1.165, 1.54) is 12.4 Å². The minimum atomic E-state index is -4.26. The smallest absolute Gasteiger partial charge is 0.369 e. The van der Waals surface area contributed by atoms with E-state index in [0.717, 1.165) is 25.9 Å². The molecule has 0 aliphatic carbocycles. The van der Waals surface area contributed by atoms with E-state index in [0.29, 0.717) is 47.8 Å². The fraction of sp³-hybridized carbons (Fsp3) is 0.571. The molecule has 0 radical (unpaired) electrons. The molecule has 0 bridgehead atoms. The lowest BCUT2D eigenvalue weighted by Gasteiger charge is -2.34. The molecule has 2 aromatic rings. The number of benzene rings is 1. The highest BCUT2D eigenvalue weighted by Gasteiger charge is 2.50. The standard InChI is InChI=1S/C21H25F3N6/c22-21(23,24)17-13-30(12-16(17)11-29-7-3-14(9-25)4-8-29)18-2-1-15(10-26)19-20(18)28-6-5-27-19/h1-2,5-6,14,16-17H,3-4,7-9,11-13,25H2/t16-,17-/m0/s1. The molecule has 2 saturated heterocycles. The van der Waals surface area contributed by atoms with Crippen molar-refractivity contribution in [3.63, 3.8) is 0 Å². The molecule has 0 spiro atoms. The second kappa shape index (κ2) is 8.36. The van der Waals surface area contributed by atoms with Gasteiger partial charge in [-0.05, 0) is 50.5 Å². The SMILES string of the molecule is N#Cc1ccc(N2C[C@H](CN3CCC(CN)CC3)[C@@H](C(F)(F)F)C2)c2nccnc12. The summed E-state index contributed by atoms with van der Waals surface area (Å²) in [4.78, 5) is 12.5. The number of hydrogen-bond donors (Lipinski definition) is 1. The van der Waals surface area contributed by atoms with Crippen molar-refractivity contribution in [1.82, 2.24) is 14.9 Å². The van der Waals surface area contributed by atoms with Gasteiger partial charge in [-0.15, -0.1) is 0 Å². The van der Waals surface area contributed by atoms with Gasteiger partial charge in [0.2, 0.25) is 0 Å². The zero-order valence-corrected chi connectivity index (χ0v) is 16.6. The van der Waals surface area contributed by atoms with E-state index in [4.69, 9.17) is 5.73 Å². The molecule has 3 heterocycles. The number of anilines is 1. The van der Waals surface area contributed by atoms with Gasteiger partial charge < -0.3 is 15.5 Å². The van der Waals surface area contributed by atoms with Crippen molar-refractivity contribution in [2.24, 2.45) is 23.5 Å². The van der Waals surface area contributed by atoms with Crippen LogP contribution in [0, 0.1) is 29.1 Å². The molecular formula is C21H25F3N6. The molecule has 2 N–H and O–H groups in total. The van der Waals surface area contributed by atoms with E-state index in [-0.39, 0.29) is 6.54 Å². The molecule has 30 heavy (non-hydrogen) atoms. The minimum Gasteiger partial charge on any atom is -0.369 e. The Morgan fingerprint density at radius 2 is 1.80 bits per heavy atom. The first-order valence-electron chi connectivity index (χ1n) is 10.3. The van der Waals surface area contributed by atoms with E-state index < -0.39 is 18.0 Å². The highest BCUT2D eigenvalue weighted by atomic mass is 19.4. The number of aromatic nitrogens is 2. The Hall–Kier alpha value is -2.44. The second-order valence-electron chi connectivity index (χ2n) is 8.29. The third-order valence-electron chi connectivity index (χ3n) is 6.46. The molecule has 0 unspecified atom stereocenters. The van der Waals surface area contributed by atoms with E-state index in [1.807, 2.05) is 0 Å². The van der Waals surface area contributed by atoms with Gasteiger partial charge >= 0.3 is 6.18 Å². The van der Waals surface area contributed by atoms with Gasteiger partial charge in [-0.3, -0.25) is 9.97 Å². The number of piperidine rings is 1. The molecule has 1 aromatic heterocycles. The third-order valence-corrected chi connectivity index (χ3v) is 6.46. The molecule has 1 aromatic carbocycles. The van der Waals surface area contributed by atoms with Crippen LogP contribution in [-0.4, -0.2) is 60.3 Å². The summed E-state index contributed by atoms with van der Waals surface area (Å²) in [5.41, 5.74) is 7.61. The molecular weight excluding hydrogens is 393 g/mol. The summed E-state index contributed by atoms with van der Waals surface area (Å²) < 4.78 is 41.6. The number of alkyl halides is 3. The highest BCUT2D eigenvalue weighted by Crippen LogP contribution is 2.41. The molecule has 4 rings (SSSR count). The van der Waals surface area contributed by atoms with Gasteiger partial charge in [0.05, 0.1) is 17.2 Å². The number of hydrogen-bond acceptors (Lipinski definition) is 6.